The Morgan fingerprint density at radius 1 is 1.17 bits per heavy atom. The maximum atomic E-state index is 12.4. The van der Waals surface area contributed by atoms with Crippen LogP contribution < -0.4 is 5.32 Å². The van der Waals surface area contributed by atoms with Crippen molar-refractivity contribution in [3.63, 3.8) is 0 Å². The lowest BCUT2D eigenvalue weighted by atomic mass is 10.1. The van der Waals surface area contributed by atoms with Crippen LogP contribution in [0.15, 0.2) is 12.1 Å². The van der Waals surface area contributed by atoms with Gasteiger partial charge >= 0.3 is 5.97 Å². The highest BCUT2D eigenvalue weighted by Gasteiger charge is 2.13. The number of hydrogen-bond acceptors (Lipinski definition) is 3. The van der Waals surface area contributed by atoms with Crippen LogP contribution in [0.2, 0.25) is 0 Å². The predicted octanol–water partition coefficient (Wildman–Crippen LogP) is 5.04. The number of nitrogens with one attached hydrogen (secondary N) is 1. The molecule has 0 heterocycles. The summed E-state index contributed by atoms with van der Waals surface area (Å²) in [5, 5.41) is 2.93. The lowest BCUT2D eigenvalue weighted by Gasteiger charge is -2.09. The Bertz CT molecular complexity index is 582. The molecule has 0 saturated carbocycles. The highest BCUT2D eigenvalue weighted by atomic mass is 127. The van der Waals surface area contributed by atoms with E-state index in [1.807, 2.05) is 12.1 Å². The SMILES string of the molecule is CC(F)OC(=O)CCCCCCNC(=O)c1cc(I)cc(I)c1I. The third kappa shape index (κ3) is 8.59. The van der Waals surface area contributed by atoms with Crippen LogP contribution in [0.4, 0.5) is 4.39 Å². The molecule has 1 rings (SSSR count). The molecule has 0 radical (unpaired) electrons. The first kappa shape index (κ1) is 22.3. The highest BCUT2D eigenvalue weighted by Crippen LogP contribution is 2.22. The minimum absolute atomic E-state index is 0.0589. The third-order valence-electron chi connectivity index (χ3n) is 3.12. The van der Waals surface area contributed by atoms with Crippen molar-refractivity contribution in [1.29, 1.82) is 0 Å². The zero-order chi connectivity index (χ0) is 18.1. The van der Waals surface area contributed by atoms with Gasteiger partial charge in [0.15, 0.2) is 0 Å². The van der Waals surface area contributed by atoms with Crippen LogP contribution in [-0.2, 0) is 9.53 Å². The number of hydrogen-bond donors (Lipinski definition) is 1. The smallest absolute Gasteiger partial charge is 0.308 e. The topological polar surface area (TPSA) is 55.4 Å². The number of alkyl halides is 1. The fraction of sp³-hybridized carbons (Fsp3) is 0.500. The zero-order valence-electron chi connectivity index (χ0n) is 13.2. The average Bonchev–Trinajstić information content (AvgIpc) is 2.48. The summed E-state index contributed by atoms with van der Waals surface area (Å²) in [5.41, 5.74) is 0.704. The molecule has 1 aromatic carbocycles. The molecular weight excluding hydrogens is 654 g/mol. The molecule has 1 N–H and O–H groups in total. The van der Waals surface area contributed by atoms with E-state index >= 15 is 0 Å². The molecule has 1 amide bonds. The number of esters is 1. The first-order valence-electron chi connectivity index (χ1n) is 7.57. The summed E-state index contributed by atoms with van der Waals surface area (Å²) in [6, 6.07) is 3.92. The molecule has 0 bridgehead atoms. The number of halogens is 4. The fourth-order valence-electron chi connectivity index (χ4n) is 2.01. The molecule has 0 aliphatic heterocycles. The first-order valence-corrected chi connectivity index (χ1v) is 10.8. The Labute approximate surface area is 182 Å². The lowest BCUT2D eigenvalue weighted by Crippen LogP contribution is -2.25. The first-order chi connectivity index (χ1) is 11.3. The number of carbonyl (C=O) groups excluding carboxylic acids is 2. The summed E-state index contributed by atoms with van der Waals surface area (Å²) in [7, 11) is 0. The van der Waals surface area contributed by atoms with Gasteiger partial charge in [0.25, 0.3) is 5.91 Å². The number of rotatable bonds is 9. The molecule has 134 valence electrons. The van der Waals surface area contributed by atoms with Crippen molar-refractivity contribution in [1.82, 2.24) is 5.32 Å². The molecule has 1 aromatic rings. The lowest BCUT2D eigenvalue weighted by molar-refractivity contribution is -0.156. The van der Waals surface area contributed by atoms with Gasteiger partial charge in [0, 0.05) is 30.6 Å². The van der Waals surface area contributed by atoms with Crippen LogP contribution in [0.3, 0.4) is 0 Å². The van der Waals surface area contributed by atoms with E-state index in [1.165, 1.54) is 6.92 Å². The van der Waals surface area contributed by atoms with Gasteiger partial charge in [-0.05, 0) is 92.7 Å². The van der Waals surface area contributed by atoms with Gasteiger partial charge in [0.1, 0.15) is 0 Å². The van der Waals surface area contributed by atoms with E-state index in [1.54, 1.807) is 0 Å². The second-order valence-corrected chi connectivity index (χ2v) is 8.69. The minimum atomic E-state index is -1.54. The molecule has 0 aromatic heterocycles. The quantitative estimate of drug-likeness (QED) is 0.173. The maximum Gasteiger partial charge on any atom is 0.308 e. The standard InChI is InChI=1S/C16H19FI3NO3/c1-10(17)24-14(22)6-4-2-3-5-7-21-16(23)12-8-11(18)9-13(19)15(12)20/h8-10H,2-7H2,1H3,(H,21,23). The number of benzene rings is 1. The van der Waals surface area contributed by atoms with Crippen molar-refractivity contribution in [2.45, 2.75) is 45.4 Å². The second kappa shape index (κ2) is 11.8. The Morgan fingerprint density at radius 3 is 2.50 bits per heavy atom. The molecule has 0 fully saturated rings. The summed E-state index contributed by atoms with van der Waals surface area (Å²) in [6.45, 7) is 1.79. The Kier molecular flexibility index (Phi) is 11.0. The van der Waals surface area contributed by atoms with Crippen LogP contribution in [-0.4, -0.2) is 24.8 Å². The van der Waals surface area contributed by atoms with E-state index in [9.17, 15) is 14.0 Å². The van der Waals surface area contributed by atoms with Gasteiger partial charge < -0.3 is 10.1 Å². The van der Waals surface area contributed by atoms with E-state index in [-0.39, 0.29) is 12.3 Å². The molecular formula is C16H19FI3NO3. The summed E-state index contributed by atoms with van der Waals surface area (Å²) >= 11 is 6.62. The Hall–Kier alpha value is 0.280. The van der Waals surface area contributed by atoms with Crippen molar-refractivity contribution in [3.05, 3.63) is 28.4 Å². The highest BCUT2D eigenvalue weighted by molar-refractivity contribution is 14.1. The fourth-order valence-corrected chi connectivity index (χ4v) is 4.41. The van der Waals surface area contributed by atoms with E-state index in [0.717, 1.165) is 30.0 Å². The number of unbranched alkanes of at least 4 members (excludes halogenated alkanes) is 3. The van der Waals surface area contributed by atoms with Crippen LogP contribution in [0.25, 0.3) is 0 Å². The summed E-state index contributed by atoms with van der Waals surface area (Å²) in [5.74, 6) is -0.558. The molecule has 0 spiro atoms. The van der Waals surface area contributed by atoms with Crippen molar-refractivity contribution in [3.8, 4) is 0 Å². The van der Waals surface area contributed by atoms with E-state index in [0.29, 0.717) is 18.5 Å². The third-order valence-corrected chi connectivity index (χ3v) is 6.79. The van der Waals surface area contributed by atoms with Crippen molar-refractivity contribution >= 4 is 79.6 Å². The van der Waals surface area contributed by atoms with Crippen LogP contribution in [0.1, 0.15) is 49.4 Å². The second-order valence-electron chi connectivity index (χ2n) is 5.20. The monoisotopic (exact) mass is 673 g/mol. The van der Waals surface area contributed by atoms with Gasteiger partial charge in [-0.1, -0.05) is 12.8 Å². The maximum absolute atomic E-state index is 12.4. The van der Waals surface area contributed by atoms with Gasteiger partial charge in [-0.15, -0.1) is 0 Å². The molecule has 0 aliphatic carbocycles. The van der Waals surface area contributed by atoms with Crippen LogP contribution >= 0.6 is 67.8 Å². The molecule has 4 nitrogen and oxygen atoms in total. The largest absolute Gasteiger partial charge is 0.431 e. The minimum Gasteiger partial charge on any atom is -0.431 e. The normalized spacial score (nSPS) is 11.9. The van der Waals surface area contributed by atoms with E-state index < -0.39 is 12.3 Å². The van der Waals surface area contributed by atoms with Gasteiger partial charge in [0.05, 0.1) is 5.56 Å². The summed E-state index contributed by atoms with van der Waals surface area (Å²) < 4.78 is 19.9. The molecule has 1 unspecified atom stereocenters. The molecule has 8 heteroatoms. The van der Waals surface area contributed by atoms with E-state index in [2.05, 4.69) is 77.8 Å². The van der Waals surface area contributed by atoms with Crippen molar-refractivity contribution in [2.24, 2.45) is 0 Å². The molecule has 0 aliphatic rings. The number of amides is 1. The average molecular weight is 673 g/mol. The Morgan fingerprint density at radius 2 is 1.83 bits per heavy atom. The van der Waals surface area contributed by atoms with Crippen molar-refractivity contribution in [2.75, 3.05) is 6.54 Å². The van der Waals surface area contributed by atoms with Gasteiger partial charge in [-0.25, -0.2) is 4.39 Å². The Balaban J connectivity index is 2.22. The zero-order valence-corrected chi connectivity index (χ0v) is 19.7. The van der Waals surface area contributed by atoms with Crippen molar-refractivity contribution < 1.29 is 18.7 Å². The van der Waals surface area contributed by atoms with E-state index in [4.69, 9.17) is 0 Å². The molecule has 1 atom stereocenters. The van der Waals surface area contributed by atoms with Gasteiger partial charge in [-0.2, -0.15) is 0 Å². The predicted molar refractivity (Wildman–Crippen MR) is 117 cm³/mol. The number of carbonyl (C=O) groups is 2. The van der Waals surface area contributed by atoms with Gasteiger partial charge in [0.2, 0.25) is 6.36 Å². The summed E-state index contributed by atoms with van der Waals surface area (Å²) in [4.78, 5) is 23.4. The van der Waals surface area contributed by atoms with Crippen LogP contribution in [0, 0.1) is 10.7 Å². The molecule has 0 saturated heterocycles. The number of ether oxygens (including phenoxy) is 1. The summed E-state index contributed by atoms with van der Waals surface area (Å²) in [6.07, 6.45) is 1.97. The van der Waals surface area contributed by atoms with Gasteiger partial charge in [-0.3, -0.25) is 9.59 Å². The molecule has 24 heavy (non-hydrogen) atoms. The van der Waals surface area contributed by atoms with Crippen LogP contribution in [0.5, 0.6) is 0 Å².